The number of halogens is 1. The van der Waals surface area contributed by atoms with Gasteiger partial charge in [0, 0.05) is 16.3 Å². The second-order valence-electron chi connectivity index (χ2n) is 7.34. The first-order valence-electron chi connectivity index (χ1n) is 10.4. The number of methoxy groups -OCH3 is 1. The number of rotatable bonds is 7. The van der Waals surface area contributed by atoms with E-state index in [-0.39, 0.29) is 0 Å². The molecule has 2 N–H and O–H groups in total. The van der Waals surface area contributed by atoms with Crippen molar-refractivity contribution in [2.75, 3.05) is 12.4 Å². The lowest BCUT2D eigenvalue weighted by atomic mass is 10.2. The van der Waals surface area contributed by atoms with E-state index in [0.717, 1.165) is 11.3 Å². The number of ether oxygens (including phenoxy) is 2. The lowest BCUT2D eigenvalue weighted by molar-refractivity contribution is -0.124. The van der Waals surface area contributed by atoms with Gasteiger partial charge in [0.15, 0.2) is 6.10 Å². The van der Waals surface area contributed by atoms with Crippen molar-refractivity contribution in [3.63, 3.8) is 0 Å². The van der Waals surface area contributed by atoms with Gasteiger partial charge in [0.25, 0.3) is 5.91 Å². The Bertz CT molecular complexity index is 1280. The summed E-state index contributed by atoms with van der Waals surface area (Å²) in [5.41, 5.74) is 3.19. The number of aromatic nitrogens is 2. The Balaban J connectivity index is 1.48. The van der Waals surface area contributed by atoms with Crippen molar-refractivity contribution in [3.8, 4) is 17.1 Å². The van der Waals surface area contributed by atoms with E-state index in [1.54, 1.807) is 56.5 Å². The van der Waals surface area contributed by atoms with Crippen molar-refractivity contribution < 1.29 is 19.1 Å². The number of anilines is 1. The van der Waals surface area contributed by atoms with E-state index >= 15 is 0 Å². The van der Waals surface area contributed by atoms with Gasteiger partial charge in [0.05, 0.1) is 23.7 Å². The fourth-order valence-electron chi connectivity index (χ4n) is 3.30. The molecule has 4 aromatic rings. The SMILES string of the molecule is CCC(OC(=O)c1ccc2nc(-c3ccc(OC)cc3)[nH]c2c1)C(=O)Nc1ccc(Cl)cc1. The molecular formula is C25H22ClN3O4. The average molecular weight is 464 g/mol. The number of esters is 1. The average Bonchev–Trinajstić information content (AvgIpc) is 3.27. The standard InChI is InChI=1S/C25H22ClN3O4/c1-3-22(24(30)27-18-9-7-17(26)8-10-18)33-25(31)16-6-13-20-21(14-16)29-23(28-20)15-4-11-19(32-2)12-5-15/h4-14,22H,3H2,1-2H3,(H,27,30)(H,28,29). The first kappa shape index (κ1) is 22.4. The minimum absolute atomic E-state index is 0.324. The number of amides is 1. The minimum Gasteiger partial charge on any atom is -0.497 e. The normalized spacial score (nSPS) is 11.7. The third kappa shape index (κ3) is 5.15. The minimum atomic E-state index is -0.930. The monoisotopic (exact) mass is 463 g/mol. The summed E-state index contributed by atoms with van der Waals surface area (Å²) in [6, 6.07) is 19.2. The maximum absolute atomic E-state index is 12.7. The van der Waals surface area contributed by atoms with Crippen LogP contribution in [0.3, 0.4) is 0 Å². The van der Waals surface area contributed by atoms with Gasteiger partial charge in [-0.3, -0.25) is 4.79 Å². The van der Waals surface area contributed by atoms with E-state index in [4.69, 9.17) is 21.1 Å². The number of imidazole rings is 1. The summed E-state index contributed by atoms with van der Waals surface area (Å²) in [7, 11) is 1.61. The third-order valence-electron chi connectivity index (χ3n) is 5.11. The number of benzene rings is 3. The van der Waals surface area contributed by atoms with Crippen LogP contribution >= 0.6 is 11.6 Å². The van der Waals surface area contributed by atoms with Gasteiger partial charge >= 0.3 is 5.97 Å². The summed E-state index contributed by atoms with van der Waals surface area (Å²) in [5.74, 6) is 0.436. The molecule has 1 aromatic heterocycles. The fourth-order valence-corrected chi connectivity index (χ4v) is 3.42. The van der Waals surface area contributed by atoms with Gasteiger partial charge in [0.1, 0.15) is 11.6 Å². The van der Waals surface area contributed by atoms with Crippen LogP contribution < -0.4 is 10.1 Å². The molecule has 0 saturated carbocycles. The Hall–Kier alpha value is -3.84. The van der Waals surface area contributed by atoms with E-state index in [0.29, 0.717) is 39.6 Å². The molecule has 0 saturated heterocycles. The number of nitrogens with one attached hydrogen (secondary N) is 2. The maximum Gasteiger partial charge on any atom is 0.338 e. The highest BCUT2D eigenvalue weighted by molar-refractivity contribution is 6.30. The predicted octanol–water partition coefficient (Wildman–Crippen LogP) is 5.47. The number of fused-ring (bicyclic) bond motifs is 1. The zero-order chi connectivity index (χ0) is 23.4. The zero-order valence-corrected chi connectivity index (χ0v) is 18.8. The Morgan fingerprint density at radius 1 is 1.06 bits per heavy atom. The number of nitrogens with zero attached hydrogens (tertiary/aromatic N) is 1. The smallest absolute Gasteiger partial charge is 0.338 e. The van der Waals surface area contributed by atoms with Crippen molar-refractivity contribution in [1.29, 1.82) is 0 Å². The Kier molecular flexibility index (Phi) is 6.60. The number of aromatic amines is 1. The lowest BCUT2D eigenvalue weighted by Gasteiger charge is -2.16. The molecule has 1 atom stereocenters. The van der Waals surface area contributed by atoms with Crippen LogP contribution in [0.15, 0.2) is 66.7 Å². The summed E-state index contributed by atoms with van der Waals surface area (Å²) in [5, 5.41) is 3.30. The first-order valence-corrected chi connectivity index (χ1v) is 10.8. The molecule has 0 spiro atoms. The summed E-state index contributed by atoms with van der Waals surface area (Å²) in [6.45, 7) is 1.78. The molecule has 33 heavy (non-hydrogen) atoms. The van der Waals surface area contributed by atoms with Gasteiger partial charge in [-0.05, 0) is 73.2 Å². The number of hydrogen-bond acceptors (Lipinski definition) is 5. The maximum atomic E-state index is 12.7. The molecule has 0 bridgehead atoms. The van der Waals surface area contributed by atoms with E-state index in [1.165, 1.54) is 0 Å². The van der Waals surface area contributed by atoms with Gasteiger partial charge in [-0.2, -0.15) is 0 Å². The highest BCUT2D eigenvalue weighted by atomic mass is 35.5. The Labute approximate surface area is 195 Å². The third-order valence-corrected chi connectivity index (χ3v) is 5.36. The van der Waals surface area contributed by atoms with Gasteiger partial charge in [-0.25, -0.2) is 9.78 Å². The number of carbonyl (C=O) groups is 2. The van der Waals surface area contributed by atoms with E-state index in [9.17, 15) is 9.59 Å². The summed E-state index contributed by atoms with van der Waals surface area (Å²) < 4.78 is 10.7. The van der Waals surface area contributed by atoms with Gasteiger partial charge in [0.2, 0.25) is 0 Å². The van der Waals surface area contributed by atoms with Crippen LogP contribution in [0.25, 0.3) is 22.4 Å². The largest absolute Gasteiger partial charge is 0.497 e. The number of carbonyl (C=O) groups excluding carboxylic acids is 2. The molecule has 3 aromatic carbocycles. The molecule has 7 nitrogen and oxygen atoms in total. The molecule has 1 heterocycles. The highest BCUT2D eigenvalue weighted by Crippen LogP contribution is 2.24. The molecule has 0 fully saturated rings. The molecule has 0 radical (unpaired) electrons. The topological polar surface area (TPSA) is 93.3 Å². The molecule has 4 rings (SSSR count). The fraction of sp³-hybridized carbons (Fsp3) is 0.160. The van der Waals surface area contributed by atoms with Crippen molar-refractivity contribution in [2.45, 2.75) is 19.4 Å². The first-order chi connectivity index (χ1) is 16.0. The van der Waals surface area contributed by atoms with E-state index in [2.05, 4.69) is 15.3 Å². The molecule has 1 unspecified atom stereocenters. The highest BCUT2D eigenvalue weighted by Gasteiger charge is 2.22. The lowest BCUT2D eigenvalue weighted by Crippen LogP contribution is -2.32. The number of hydrogen-bond donors (Lipinski definition) is 2. The van der Waals surface area contributed by atoms with E-state index in [1.807, 2.05) is 24.3 Å². The van der Waals surface area contributed by atoms with Crippen LogP contribution in [0, 0.1) is 0 Å². The molecule has 0 aliphatic heterocycles. The quantitative estimate of drug-likeness (QED) is 0.355. The van der Waals surface area contributed by atoms with Crippen LogP contribution in [0.1, 0.15) is 23.7 Å². The van der Waals surface area contributed by atoms with Crippen LogP contribution in [0.2, 0.25) is 5.02 Å². The molecular weight excluding hydrogens is 442 g/mol. The van der Waals surface area contributed by atoms with Crippen LogP contribution in [0.4, 0.5) is 5.69 Å². The van der Waals surface area contributed by atoms with Crippen molar-refractivity contribution in [3.05, 3.63) is 77.3 Å². The van der Waals surface area contributed by atoms with Crippen LogP contribution in [-0.4, -0.2) is 35.1 Å². The van der Waals surface area contributed by atoms with Gasteiger partial charge < -0.3 is 19.8 Å². The van der Waals surface area contributed by atoms with Gasteiger partial charge in [-0.15, -0.1) is 0 Å². The van der Waals surface area contributed by atoms with Crippen LogP contribution in [-0.2, 0) is 9.53 Å². The van der Waals surface area contributed by atoms with Crippen molar-refractivity contribution in [2.24, 2.45) is 0 Å². The second-order valence-corrected chi connectivity index (χ2v) is 7.78. The zero-order valence-electron chi connectivity index (χ0n) is 18.1. The van der Waals surface area contributed by atoms with Crippen molar-refractivity contribution >= 4 is 40.2 Å². The molecule has 1 amide bonds. The predicted molar refractivity (Wildman–Crippen MR) is 128 cm³/mol. The number of H-pyrrole nitrogens is 1. The second kappa shape index (κ2) is 9.75. The molecule has 0 aliphatic rings. The van der Waals surface area contributed by atoms with Crippen molar-refractivity contribution in [1.82, 2.24) is 9.97 Å². The van der Waals surface area contributed by atoms with Crippen LogP contribution in [0.5, 0.6) is 5.75 Å². The molecule has 0 aliphatic carbocycles. The van der Waals surface area contributed by atoms with Gasteiger partial charge in [-0.1, -0.05) is 18.5 Å². The summed E-state index contributed by atoms with van der Waals surface area (Å²) >= 11 is 5.87. The summed E-state index contributed by atoms with van der Waals surface area (Å²) in [6.07, 6.45) is -0.598. The van der Waals surface area contributed by atoms with E-state index < -0.39 is 18.0 Å². The molecule has 168 valence electrons. The Morgan fingerprint density at radius 2 is 1.79 bits per heavy atom. The molecule has 8 heteroatoms. The summed E-state index contributed by atoms with van der Waals surface area (Å²) in [4.78, 5) is 33.1. The Morgan fingerprint density at radius 3 is 2.45 bits per heavy atom.